The van der Waals surface area contributed by atoms with E-state index in [1.807, 2.05) is 6.07 Å². The van der Waals surface area contributed by atoms with E-state index in [1.165, 1.54) is 12.1 Å². The molecule has 194 valence electrons. The summed E-state index contributed by atoms with van der Waals surface area (Å²) in [6.45, 7) is 0. The normalized spacial score (nSPS) is 23.5. The average Bonchev–Trinajstić information content (AvgIpc) is 3.40. The van der Waals surface area contributed by atoms with Crippen molar-refractivity contribution in [3.63, 3.8) is 0 Å². The minimum Gasteiger partial charge on any atom is -0.359 e. The summed E-state index contributed by atoms with van der Waals surface area (Å²) in [6, 6.07) is 18.6. The second-order valence-corrected chi connectivity index (χ2v) is 11.3. The van der Waals surface area contributed by atoms with Crippen molar-refractivity contribution in [1.29, 1.82) is 0 Å². The summed E-state index contributed by atoms with van der Waals surface area (Å²) in [5, 5.41) is 0.512. The van der Waals surface area contributed by atoms with E-state index in [9.17, 15) is 19.2 Å². The van der Waals surface area contributed by atoms with Gasteiger partial charge in [-0.05, 0) is 36.4 Å². The maximum Gasteiger partial charge on any atom is 0.240 e. The first-order chi connectivity index (χ1) is 18.8. The van der Waals surface area contributed by atoms with Crippen molar-refractivity contribution < 1.29 is 19.2 Å². The zero-order chi connectivity index (χ0) is 27.4. The molecule has 6 rings (SSSR count). The molecule has 0 aliphatic carbocycles. The smallest absolute Gasteiger partial charge is 0.240 e. The minimum atomic E-state index is -0.975. The van der Waals surface area contributed by atoms with Gasteiger partial charge in [-0.1, -0.05) is 87.7 Å². The largest absolute Gasteiger partial charge is 0.359 e. The molecule has 2 amide bonds. The van der Waals surface area contributed by atoms with Crippen molar-refractivity contribution in [2.45, 2.75) is 12.1 Å². The number of hydrogen-bond acceptors (Lipinski definition) is 5. The average molecular weight is 622 g/mol. The number of halogens is 3. The molecule has 2 fully saturated rings. The predicted molar refractivity (Wildman–Crippen MR) is 152 cm³/mol. The number of amides is 2. The second kappa shape index (κ2) is 9.90. The van der Waals surface area contributed by atoms with Gasteiger partial charge in [0.15, 0.2) is 11.6 Å². The fourth-order valence-electron chi connectivity index (χ4n) is 5.64. The number of carbonyl (C=O) groups is 4. The fraction of sp³-hybridized carbons (Fsp3) is 0.133. The summed E-state index contributed by atoms with van der Waals surface area (Å²) >= 11 is 15.8. The lowest BCUT2D eigenvalue weighted by molar-refractivity contribution is -0.123. The molecular formula is C30H19BrCl2N2O4. The zero-order valence-electron chi connectivity index (χ0n) is 20.1. The topological polar surface area (TPSA) is 74.8 Å². The number of benzene rings is 3. The van der Waals surface area contributed by atoms with Crippen LogP contribution in [0.25, 0.3) is 0 Å². The van der Waals surface area contributed by atoms with Crippen LogP contribution in [-0.4, -0.2) is 40.4 Å². The number of ketones is 2. The van der Waals surface area contributed by atoms with E-state index in [4.69, 9.17) is 23.2 Å². The Morgan fingerprint density at radius 3 is 2.21 bits per heavy atom. The third-order valence-electron chi connectivity index (χ3n) is 7.39. The summed E-state index contributed by atoms with van der Waals surface area (Å²) in [4.78, 5) is 57.8. The van der Waals surface area contributed by atoms with Crippen LogP contribution in [-0.2, 0) is 9.59 Å². The second-order valence-electron chi connectivity index (χ2n) is 9.55. The van der Waals surface area contributed by atoms with Crippen LogP contribution in [0, 0.1) is 11.8 Å². The van der Waals surface area contributed by atoms with Crippen molar-refractivity contribution >= 4 is 68.2 Å². The van der Waals surface area contributed by atoms with Gasteiger partial charge < -0.3 is 4.90 Å². The van der Waals surface area contributed by atoms with E-state index >= 15 is 0 Å². The Morgan fingerprint density at radius 2 is 1.51 bits per heavy atom. The number of fused-ring (bicyclic) bond motifs is 3. The van der Waals surface area contributed by atoms with Gasteiger partial charge in [0.25, 0.3) is 0 Å². The van der Waals surface area contributed by atoms with Gasteiger partial charge in [-0.15, -0.1) is 0 Å². The van der Waals surface area contributed by atoms with Crippen molar-refractivity contribution in [3.8, 4) is 0 Å². The van der Waals surface area contributed by atoms with E-state index in [0.29, 0.717) is 21.7 Å². The molecule has 3 aromatic carbocycles. The summed E-state index contributed by atoms with van der Waals surface area (Å²) in [7, 11) is 0. The molecule has 0 unspecified atom stereocenters. The van der Waals surface area contributed by atoms with Gasteiger partial charge in [0.2, 0.25) is 11.8 Å². The zero-order valence-corrected chi connectivity index (χ0v) is 23.2. The lowest BCUT2D eigenvalue weighted by atomic mass is 9.85. The van der Waals surface area contributed by atoms with Crippen LogP contribution in [0.4, 0.5) is 5.69 Å². The van der Waals surface area contributed by atoms with E-state index in [1.54, 1.807) is 77.8 Å². The van der Waals surface area contributed by atoms with Crippen molar-refractivity contribution in [2.24, 2.45) is 11.8 Å². The number of allylic oxidation sites excluding steroid dienone is 2. The molecule has 39 heavy (non-hydrogen) atoms. The molecule has 3 aliphatic heterocycles. The summed E-state index contributed by atoms with van der Waals surface area (Å²) < 4.78 is 0.807. The molecule has 0 radical (unpaired) electrons. The Hall–Kier alpha value is -3.52. The quantitative estimate of drug-likeness (QED) is 0.253. The Kier molecular flexibility index (Phi) is 6.53. The van der Waals surface area contributed by atoms with Crippen molar-refractivity contribution in [2.75, 3.05) is 4.90 Å². The van der Waals surface area contributed by atoms with Crippen molar-refractivity contribution in [3.05, 3.63) is 122 Å². The third kappa shape index (κ3) is 4.25. The molecule has 2 saturated heterocycles. The highest BCUT2D eigenvalue weighted by Crippen LogP contribution is 2.48. The highest BCUT2D eigenvalue weighted by Gasteiger charge is 2.63. The van der Waals surface area contributed by atoms with E-state index in [-0.39, 0.29) is 22.3 Å². The van der Waals surface area contributed by atoms with Gasteiger partial charge in [-0.2, -0.15) is 0 Å². The van der Waals surface area contributed by atoms with Crippen LogP contribution in [0.3, 0.4) is 0 Å². The van der Waals surface area contributed by atoms with Crippen LogP contribution in [0.15, 0.2) is 101 Å². The summed E-state index contributed by atoms with van der Waals surface area (Å²) in [5.41, 5.74) is 1.51. The number of imide groups is 1. The first-order valence-corrected chi connectivity index (χ1v) is 13.7. The first kappa shape index (κ1) is 25.7. The minimum absolute atomic E-state index is 0.149. The summed E-state index contributed by atoms with van der Waals surface area (Å²) in [6.07, 6.45) is 4.98. The molecule has 3 aliphatic rings. The lowest BCUT2D eigenvalue weighted by Gasteiger charge is -2.33. The summed E-state index contributed by atoms with van der Waals surface area (Å²) in [5.74, 6) is -3.36. The highest BCUT2D eigenvalue weighted by molar-refractivity contribution is 9.10. The molecule has 0 bridgehead atoms. The van der Waals surface area contributed by atoms with Gasteiger partial charge in [0, 0.05) is 32.4 Å². The predicted octanol–water partition coefficient (Wildman–Crippen LogP) is 6.13. The maximum absolute atomic E-state index is 13.9. The monoisotopic (exact) mass is 620 g/mol. The Bertz CT molecular complexity index is 1600. The molecule has 0 saturated carbocycles. The molecular weight excluding hydrogens is 603 g/mol. The molecule has 0 aromatic heterocycles. The van der Waals surface area contributed by atoms with Crippen molar-refractivity contribution in [1.82, 2.24) is 4.90 Å². The van der Waals surface area contributed by atoms with Gasteiger partial charge in [-0.3, -0.25) is 19.2 Å². The molecule has 0 N–H and O–H groups in total. The van der Waals surface area contributed by atoms with Crippen LogP contribution >= 0.6 is 39.1 Å². The van der Waals surface area contributed by atoms with Gasteiger partial charge >= 0.3 is 0 Å². The molecule has 3 aromatic rings. The number of anilines is 1. The first-order valence-electron chi connectivity index (χ1n) is 12.2. The van der Waals surface area contributed by atoms with Crippen LogP contribution in [0.5, 0.6) is 0 Å². The van der Waals surface area contributed by atoms with E-state index in [2.05, 4.69) is 15.9 Å². The van der Waals surface area contributed by atoms with Crippen LogP contribution in [0.2, 0.25) is 10.0 Å². The van der Waals surface area contributed by atoms with E-state index in [0.717, 1.165) is 9.37 Å². The number of Topliss-reactive ketones (excluding diaryl/α,β-unsaturated/α-hetero) is 2. The fourth-order valence-corrected chi connectivity index (χ4v) is 6.40. The molecule has 0 spiro atoms. The molecule has 9 heteroatoms. The maximum atomic E-state index is 13.9. The van der Waals surface area contributed by atoms with Gasteiger partial charge in [0.05, 0.1) is 28.6 Å². The van der Waals surface area contributed by atoms with Gasteiger partial charge in [0.1, 0.15) is 6.04 Å². The standard InChI is InChI=1S/C30H19BrCl2N2O4/c31-19-8-6-17(7-9-19)28(37)26-25-24(29(38)35(30(25)39)22-11-10-20(32)15-21(22)33)23-14-18(12-13-34(23)26)27(36)16-4-2-1-3-5-16/h1-15,23-26H/t23-,24+,25+,26-/m1/s1. The van der Waals surface area contributed by atoms with Gasteiger partial charge in [-0.25, -0.2) is 4.90 Å². The number of carbonyl (C=O) groups excluding carboxylic acids is 4. The lowest BCUT2D eigenvalue weighted by Crippen LogP contribution is -2.46. The van der Waals surface area contributed by atoms with E-state index < -0.39 is 35.7 Å². The molecule has 4 atom stereocenters. The SMILES string of the molecule is O=C(C1=C[C@@H]2[C@@H]3C(=O)N(c4ccc(Cl)cc4Cl)C(=O)[C@@H]3[C@H](C(=O)c3ccc(Br)cc3)N2C=C1)c1ccccc1. The number of nitrogens with zero attached hydrogens (tertiary/aromatic N) is 2. The third-order valence-corrected chi connectivity index (χ3v) is 8.46. The number of rotatable bonds is 5. The molecule has 6 nitrogen and oxygen atoms in total. The van der Waals surface area contributed by atoms with Crippen LogP contribution < -0.4 is 4.90 Å². The number of hydrogen-bond donors (Lipinski definition) is 0. The van der Waals surface area contributed by atoms with Crippen LogP contribution in [0.1, 0.15) is 20.7 Å². The Labute approximate surface area is 242 Å². The Balaban J connectivity index is 1.44. The Morgan fingerprint density at radius 1 is 0.821 bits per heavy atom. The highest BCUT2D eigenvalue weighted by atomic mass is 79.9. The molecule has 3 heterocycles.